The molecule has 1 aliphatic rings. The predicted molar refractivity (Wildman–Crippen MR) is 113 cm³/mol. The van der Waals surface area contributed by atoms with Gasteiger partial charge < -0.3 is 9.88 Å². The number of fused-ring (bicyclic) bond motifs is 1. The summed E-state index contributed by atoms with van der Waals surface area (Å²) in [5.41, 5.74) is 2.15. The number of hydrogen-bond donors (Lipinski definition) is 1. The zero-order valence-electron chi connectivity index (χ0n) is 16.6. The van der Waals surface area contributed by atoms with E-state index in [1.165, 1.54) is 24.3 Å². The fourth-order valence-electron chi connectivity index (χ4n) is 3.85. The number of carbonyl (C=O) groups excluding carboxylic acids is 1. The molecule has 0 radical (unpaired) electrons. The topological polar surface area (TPSA) is 77.0 Å². The number of aryl methyl sites for hydroxylation is 1. The highest BCUT2D eigenvalue weighted by Gasteiger charge is 2.19. The second-order valence-corrected chi connectivity index (χ2v) is 7.48. The molecule has 1 amide bonds. The molecule has 0 fully saturated rings. The Hall–Kier alpha value is -3.79. The first-order valence-corrected chi connectivity index (χ1v) is 9.93. The van der Waals surface area contributed by atoms with Crippen molar-refractivity contribution >= 4 is 22.3 Å². The van der Waals surface area contributed by atoms with E-state index in [4.69, 9.17) is 0 Å². The SMILES string of the molecule is N#Cc1cc(F)ccc1C1=CCN(C(=O)CCc2cc3ccc(F)cc3c(=O)[nH]2)CC1. The molecule has 5 nitrogen and oxygen atoms in total. The van der Waals surface area contributed by atoms with E-state index in [1.54, 1.807) is 23.1 Å². The summed E-state index contributed by atoms with van der Waals surface area (Å²) in [4.78, 5) is 29.2. The van der Waals surface area contributed by atoms with Crippen LogP contribution < -0.4 is 5.56 Å². The second kappa shape index (κ2) is 8.52. The van der Waals surface area contributed by atoms with Crippen molar-refractivity contribution in [1.29, 1.82) is 5.26 Å². The van der Waals surface area contributed by atoms with Gasteiger partial charge in [0.05, 0.1) is 11.6 Å². The van der Waals surface area contributed by atoms with Crippen molar-refractivity contribution in [1.82, 2.24) is 9.88 Å². The Kier molecular flexibility index (Phi) is 5.63. The van der Waals surface area contributed by atoms with Crippen LogP contribution in [0, 0.1) is 23.0 Å². The van der Waals surface area contributed by atoms with Gasteiger partial charge in [0.1, 0.15) is 11.6 Å². The van der Waals surface area contributed by atoms with Gasteiger partial charge in [-0.1, -0.05) is 18.2 Å². The fourth-order valence-corrected chi connectivity index (χ4v) is 3.85. The van der Waals surface area contributed by atoms with Crippen LogP contribution in [0.1, 0.15) is 29.7 Å². The van der Waals surface area contributed by atoms with Crippen LogP contribution in [0.5, 0.6) is 0 Å². The summed E-state index contributed by atoms with van der Waals surface area (Å²) in [6.07, 6.45) is 3.06. The quantitative estimate of drug-likeness (QED) is 0.696. The Morgan fingerprint density at radius 3 is 2.65 bits per heavy atom. The van der Waals surface area contributed by atoms with Crippen LogP contribution in [0.2, 0.25) is 0 Å². The first-order valence-electron chi connectivity index (χ1n) is 9.93. The number of rotatable bonds is 4. The van der Waals surface area contributed by atoms with Crippen molar-refractivity contribution in [2.24, 2.45) is 0 Å². The number of aromatic amines is 1. The molecule has 1 aliphatic heterocycles. The Bertz CT molecular complexity index is 1300. The summed E-state index contributed by atoms with van der Waals surface area (Å²) in [7, 11) is 0. The van der Waals surface area contributed by atoms with E-state index in [0.29, 0.717) is 42.6 Å². The molecule has 7 heteroatoms. The standard InChI is InChI=1S/C24H19F2N3O2/c25-18-3-5-21(17(11-18)14-27)15-7-9-29(10-8-15)23(30)6-4-20-12-16-1-2-19(26)13-22(16)24(31)28-20/h1-3,5,7,11-13H,4,6,8-10H2,(H,28,31). The lowest BCUT2D eigenvalue weighted by Gasteiger charge is -2.27. The predicted octanol–water partition coefficient (Wildman–Crippen LogP) is 3.93. The van der Waals surface area contributed by atoms with Gasteiger partial charge in [-0.3, -0.25) is 9.59 Å². The molecule has 1 aromatic heterocycles. The van der Waals surface area contributed by atoms with Gasteiger partial charge in [-0.15, -0.1) is 0 Å². The lowest BCUT2D eigenvalue weighted by Crippen LogP contribution is -2.35. The van der Waals surface area contributed by atoms with Gasteiger partial charge in [0, 0.05) is 30.6 Å². The van der Waals surface area contributed by atoms with Crippen molar-refractivity contribution in [3.8, 4) is 6.07 Å². The molecule has 2 heterocycles. The van der Waals surface area contributed by atoms with E-state index < -0.39 is 11.6 Å². The van der Waals surface area contributed by atoms with Crippen molar-refractivity contribution < 1.29 is 13.6 Å². The third kappa shape index (κ3) is 4.38. The number of nitrogens with zero attached hydrogens (tertiary/aromatic N) is 2. The molecule has 0 saturated heterocycles. The molecule has 156 valence electrons. The third-order valence-electron chi connectivity index (χ3n) is 5.48. The van der Waals surface area contributed by atoms with Gasteiger partial charge in [-0.25, -0.2) is 8.78 Å². The van der Waals surface area contributed by atoms with Crippen molar-refractivity contribution in [3.63, 3.8) is 0 Å². The summed E-state index contributed by atoms with van der Waals surface area (Å²) in [5, 5.41) is 10.1. The average molecular weight is 419 g/mol. The highest BCUT2D eigenvalue weighted by atomic mass is 19.1. The van der Waals surface area contributed by atoms with Gasteiger partial charge in [-0.2, -0.15) is 5.26 Å². The van der Waals surface area contributed by atoms with Gasteiger partial charge in [0.25, 0.3) is 5.56 Å². The highest BCUT2D eigenvalue weighted by molar-refractivity contribution is 5.82. The van der Waals surface area contributed by atoms with E-state index in [2.05, 4.69) is 4.98 Å². The Labute approximate surface area is 177 Å². The number of H-pyrrole nitrogens is 1. The maximum atomic E-state index is 13.4. The van der Waals surface area contributed by atoms with Crippen LogP contribution in [0.3, 0.4) is 0 Å². The van der Waals surface area contributed by atoms with Crippen molar-refractivity contribution in [2.45, 2.75) is 19.3 Å². The number of nitriles is 1. The molecular weight excluding hydrogens is 400 g/mol. The summed E-state index contributed by atoms with van der Waals surface area (Å²) in [5.74, 6) is -0.971. The minimum atomic E-state index is -0.471. The Morgan fingerprint density at radius 2 is 1.90 bits per heavy atom. The van der Waals surface area contributed by atoms with E-state index in [1.807, 2.05) is 12.1 Å². The van der Waals surface area contributed by atoms with Crippen LogP contribution in [-0.2, 0) is 11.2 Å². The molecule has 0 bridgehead atoms. The van der Waals surface area contributed by atoms with Crippen LogP contribution in [-0.4, -0.2) is 28.9 Å². The number of halogens is 2. The number of nitrogens with one attached hydrogen (secondary N) is 1. The lowest BCUT2D eigenvalue weighted by molar-refractivity contribution is -0.130. The number of amides is 1. The summed E-state index contributed by atoms with van der Waals surface area (Å²) in [6.45, 7) is 0.907. The number of pyridine rings is 1. The van der Waals surface area contributed by atoms with Crippen LogP contribution in [0.15, 0.2) is 53.3 Å². The molecule has 2 aromatic carbocycles. The fraction of sp³-hybridized carbons (Fsp3) is 0.208. The number of aromatic nitrogens is 1. The molecule has 0 saturated carbocycles. The molecular formula is C24H19F2N3O2. The van der Waals surface area contributed by atoms with E-state index in [9.17, 15) is 23.6 Å². The summed E-state index contributed by atoms with van der Waals surface area (Å²) < 4.78 is 26.7. The largest absolute Gasteiger partial charge is 0.339 e. The molecule has 3 aromatic rings. The second-order valence-electron chi connectivity index (χ2n) is 7.48. The molecule has 0 atom stereocenters. The smallest absolute Gasteiger partial charge is 0.256 e. The van der Waals surface area contributed by atoms with Gasteiger partial charge in [-0.05, 0) is 59.7 Å². The summed E-state index contributed by atoms with van der Waals surface area (Å²) >= 11 is 0. The Morgan fingerprint density at radius 1 is 1.13 bits per heavy atom. The lowest BCUT2D eigenvalue weighted by atomic mass is 9.95. The Balaban J connectivity index is 1.42. The molecule has 0 spiro atoms. The normalized spacial score (nSPS) is 13.7. The van der Waals surface area contributed by atoms with E-state index in [0.717, 1.165) is 5.57 Å². The zero-order chi connectivity index (χ0) is 22.0. The van der Waals surface area contributed by atoms with Crippen molar-refractivity contribution in [2.75, 3.05) is 13.1 Å². The van der Waals surface area contributed by atoms with Crippen LogP contribution >= 0.6 is 0 Å². The maximum Gasteiger partial charge on any atom is 0.256 e. The number of benzene rings is 2. The molecule has 0 aliphatic carbocycles. The van der Waals surface area contributed by atoms with E-state index >= 15 is 0 Å². The van der Waals surface area contributed by atoms with Gasteiger partial charge in [0.2, 0.25) is 5.91 Å². The molecule has 0 unspecified atom stereocenters. The van der Waals surface area contributed by atoms with Crippen molar-refractivity contribution in [3.05, 3.63) is 87.3 Å². The van der Waals surface area contributed by atoms with Crippen LogP contribution in [0.4, 0.5) is 8.78 Å². The third-order valence-corrected chi connectivity index (χ3v) is 5.48. The molecule has 1 N–H and O–H groups in total. The molecule has 4 rings (SSSR count). The number of carbonyl (C=O) groups is 1. The van der Waals surface area contributed by atoms with E-state index in [-0.39, 0.29) is 28.8 Å². The zero-order valence-corrected chi connectivity index (χ0v) is 16.6. The monoisotopic (exact) mass is 419 g/mol. The first-order chi connectivity index (χ1) is 14.9. The minimum absolute atomic E-state index is 0.0463. The van der Waals surface area contributed by atoms with Gasteiger partial charge in [0.15, 0.2) is 0 Å². The minimum Gasteiger partial charge on any atom is -0.339 e. The number of hydrogen-bond acceptors (Lipinski definition) is 3. The highest BCUT2D eigenvalue weighted by Crippen LogP contribution is 2.26. The first kappa shape index (κ1) is 20.5. The van der Waals surface area contributed by atoms with Crippen LogP contribution in [0.25, 0.3) is 16.3 Å². The maximum absolute atomic E-state index is 13.4. The molecule has 31 heavy (non-hydrogen) atoms. The average Bonchev–Trinajstić information content (AvgIpc) is 2.78. The summed E-state index contributed by atoms with van der Waals surface area (Å²) in [6, 6.07) is 12.0. The van der Waals surface area contributed by atoms with Gasteiger partial charge >= 0.3 is 0 Å².